The molecule has 5 nitrogen and oxygen atoms in total. The minimum absolute atomic E-state index is 0.947. The fourth-order valence-corrected chi connectivity index (χ4v) is 12.6. The van der Waals surface area contributed by atoms with Crippen LogP contribution in [0.15, 0.2) is 237 Å². The Morgan fingerprint density at radius 1 is 0.288 bits per heavy atom. The Bertz CT molecular complexity index is 4760. The summed E-state index contributed by atoms with van der Waals surface area (Å²) >= 11 is 0. The number of para-hydroxylation sites is 6. The molecular weight excluding hydrogens is 887 g/mol. The molecule has 1 aliphatic rings. The van der Waals surface area contributed by atoms with Crippen LogP contribution in [0, 0.1) is 0 Å². The standard InChI is InChI=1S/C66H43N5.C2H6/c1-3-18-42(19-4-1)67-57-31-14-9-26-49(57)54-41-46(34-37-60(54)67)70-59-33-16-11-28-53(59)64-62(70)39-36-51-50-35-38-61-63(65(50)71(66(51)64)43-20-5-2-6-21-43)52-27-10-15-32-58(52)69(61)45-23-17-22-44(40-45)68-55-29-12-7-24-47(55)48-25-8-13-30-56(48)68;1-2/h1-5,7-20,22-41H,6,21H2;1-2H3. The summed E-state index contributed by atoms with van der Waals surface area (Å²) in [6.07, 6.45) is 8.85. The van der Waals surface area contributed by atoms with Crippen molar-refractivity contribution in [2.75, 3.05) is 0 Å². The van der Waals surface area contributed by atoms with Crippen LogP contribution in [0.5, 0.6) is 0 Å². The summed E-state index contributed by atoms with van der Waals surface area (Å²) in [6, 6.07) is 80.8. The zero-order valence-electron chi connectivity index (χ0n) is 40.7. The van der Waals surface area contributed by atoms with Crippen LogP contribution in [0.25, 0.3) is 137 Å². The quantitative estimate of drug-likeness (QED) is 0.164. The SMILES string of the molecule is C1=CCCC(n2c3c(ccc4c3c3ccccc3n4-c3cccc(-n4c5ccccc5c5ccccc54)c3)c3ccc4c(c5ccccc5n4-c4ccc5c(c4)c4ccccc4n5-c4ccccc4)c32)=C1.CC. The number of rotatable bonds is 5. The van der Waals surface area contributed by atoms with Gasteiger partial charge in [0.2, 0.25) is 0 Å². The lowest BCUT2D eigenvalue weighted by atomic mass is 10.1. The number of allylic oxidation sites excluding steroid dienone is 4. The number of benzene rings is 10. The Hall–Kier alpha value is -9.32. The van der Waals surface area contributed by atoms with Crippen molar-refractivity contribution in [3.63, 3.8) is 0 Å². The van der Waals surface area contributed by atoms with Gasteiger partial charge in [-0.2, -0.15) is 0 Å². The molecule has 5 heterocycles. The molecule has 5 heteroatoms. The molecule has 15 aromatic rings. The Morgan fingerprint density at radius 2 is 0.685 bits per heavy atom. The first kappa shape index (κ1) is 41.5. The minimum atomic E-state index is 0.947. The number of aromatic nitrogens is 5. The van der Waals surface area contributed by atoms with Crippen molar-refractivity contribution in [2.45, 2.75) is 26.7 Å². The summed E-state index contributed by atoms with van der Waals surface area (Å²) in [5.41, 5.74) is 18.0. The molecule has 10 aromatic carbocycles. The van der Waals surface area contributed by atoms with Gasteiger partial charge in [-0.25, -0.2) is 0 Å². The van der Waals surface area contributed by atoms with Crippen LogP contribution in [0.2, 0.25) is 0 Å². The Kier molecular flexibility index (Phi) is 9.15. The van der Waals surface area contributed by atoms with E-state index in [2.05, 4.69) is 259 Å². The molecule has 0 bridgehead atoms. The molecule has 0 N–H and O–H groups in total. The van der Waals surface area contributed by atoms with Crippen LogP contribution in [0.4, 0.5) is 0 Å². The summed E-state index contributed by atoms with van der Waals surface area (Å²) in [4.78, 5) is 0. The van der Waals surface area contributed by atoms with Crippen molar-refractivity contribution in [2.24, 2.45) is 0 Å². The molecule has 0 fully saturated rings. The monoisotopic (exact) mass is 935 g/mol. The maximum Gasteiger partial charge on any atom is 0.0638 e. The number of nitrogens with zero attached hydrogens (tertiary/aromatic N) is 5. The third-order valence-electron chi connectivity index (χ3n) is 15.5. The second-order valence-corrected chi connectivity index (χ2v) is 19.2. The highest BCUT2D eigenvalue weighted by atomic mass is 15.0. The zero-order chi connectivity index (χ0) is 48.3. The van der Waals surface area contributed by atoms with E-state index in [0.29, 0.717) is 0 Å². The second kappa shape index (κ2) is 16.1. The highest BCUT2D eigenvalue weighted by molar-refractivity contribution is 6.32. The fourth-order valence-electron chi connectivity index (χ4n) is 12.6. The lowest BCUT2D eigenvalue weighted by Crippen LogP contribution is -2.00. The van der Waals surface area contributed by atoms with E-state index < -0.39 is 0 Å². The van der Waals surface area contributed by atoms with Gasteiger partial charge in [0, 0.05) is 82.3 Å². The van der Waals surface area contributed by atoms with E-state index in [9.17, 15) is 0 Å². The first-order valence-electron chi connectivity index (χ1n) is 25.7. The Morgan fingerprint density at radius 3 is 1.21 bits per heavy atom. The van der Waals surface area contributed by atoms with Gasteiger partial charge in [-0.1, -0.05) is 153 Å². The third-order valence-corrected chi connectivity index (χ3v) is 15.5. The van der Waals surface area contributed by atoms with E-state index in [1.807, 2.05) is 13.8 Å². The van der Waals surface area contributed by atoms with Gasteiger partial charge < -0.3 is 22.8 Å². The van der Waals surface area contributed by atoms with E-state index in [1.54, 1.807) is 0 Å². The molecule has 0 saturated heterocycles. The molecule has 73 heavy (non-hydrogen) atoms. The molecule has 0 spiro atoms. The van der Waals surface area contributed by atoms with Crippen LogP contribution in [-0.4, -0.2) is 22.8 Å². The summed E-state index contributed by atoms with van der Waals surface area (Å²) in [5.74, 6) is 0. The second-order valence-electron chi connectivity index (χ2n) is 19.2. The van der Waals surface area contributed by atoms with E-state index >= 15 is 0 Å². The molecule has 0 saturated carbocycles. The zero-order valence-corrected chi connectivity index (χ0v) is 40.7. The van der Waals surface area contributed by atoms with Crippen molar-refractivity contribution < 1.29 is 0 Å². The van der Waals surface area contributed by atoms with Crippen LogP contribution < -0.4 is 0 Å². The maximum atomic E-state index is 2.65. The van der Waals surface area contributed by atoms with Crippen molar-refractivity contribution in [1.29, 1.82) is 0 Å². The van der Waals surface area contributed by atoms with Crippen LogP contribution in [0.1, 0.15) is 26.7 Å². The van der Waals surface area contributed by atoms with Gasteiger partial charge in [0.1, 0.15) is 0 Å². The molecule has 0 atom stereocenters. The molecule has 5 aromatic heterocycles. The van der Waals surface area contributed by atoms with Gasteiger partial charge in [0.15, 0.2) is 0 Å². The molecule has 0 aliphatic heterocycles. The summed E-state index contributed by atoms with van der Waals surface area (Å²) < 4.78 is 12.5. The topological polar surface area (TPSA) is 24.6 Å². The molecule has 346 valence electrons. The Labute approximate surface area is 421 Å². The van der Waals surface area contributed by atoms with E-state index in [0.717, 1.165) is 35.6 Å². The number of hydrogen-bond acceptors (Lipinski definition) is 0. The molecule has 0 unspecified atom stereocenters. The highest BCUT2D eigenvalue weighted by Gasteiger charge is 2.26. The maximum absolute atomic E-state index is 2.65. The van der Waals surface area contributed by atoms with E-state index in [1.165, 1.54) is 115 Å². The lowest BCUT2D eigenvalue weighted by molar-refractivity contribution is 0.982. The van der Waals surface area contributed by atoms with Crippen LogP contribution in [0.3, 0.4) is 0 Å². The third kappa shape index (κ3) is 5.85. The summed E-state index contributed by atoms with van der Waals surface area (Å²) in [5, 5.41) is 12.6. The van der Waals surface area contributed by atoms with E-state index in [-0.39, 0.29) is 0 Å². The fraction of sp³-hybridized carbons (Fsp3) is 0.0588. The first-order valence-corrected chi connectivity index (χ1v) is 25.7. The van der Waals surface area contributed by atoms with Crippen molar-refractivity contribution in [3.05, 3.63) is 237 Å². The molecular formula is C68H49N5. The number of hydrogen-bond donors (Lipinski definition) is 0. The van der Waals surface area contributed by atoms with Crippen molar-refractivity contribution in [1.82, 2.24) is 22.8 Å². The normalized spacial score (nSPS) is 13.0. The van der Waals surface area contributed by atoms with Gasteiger partial charge in [-0.15, -0.1) is 0 Å². The van der Waals surface area contributed by atoms with Gasteiger partial charge in [0.25, 0.3) is 0 Å². The van der Waals surface area contributed by atoms with Gasteiger partial charge in [-0.05, 0) is 110 Å². The summed E-state index contributed by atoms with van der Waals surface area (Å²) in [7, 11) is 0. The van der Waals surface area contributed by atoms with Crippen molar-refractivity contribution in [3.8, 4) is 22.7 Å². The summed E-state index contributed by atoms with van der Waals surface area (Å²) in [6.45, 7) is 4.00. The average Bonchev–Trinajstić information content (AvgIpc) is 4.26. The minimum Gasteiger partial charge on any atom is -0.312 e. The molecule has 0 amide bonds. The molecule has 0 radical (unpaired) electrons. The smallest absolute Gasteiger partial charge is 0.0638 e. The lowest BCUT2D eigenvalue weighted by Gasteiger charge is -2.16. The van der Waals surface area contributed by atoms with Gasteiger partial charge in [-0.3, -0.25) is 0 Å². The predicted molar refractivity (Wildman–Crippen MR) is 311 cm³/mol. The Balaban J connectivity index is 0.00000234. The predicted octanol–water partition coefficient (Wildman–Crippen LogP) is 18.4. The number of fused-ring (bicyclic) bond motifs is 17. The van der Waals surface area contributed by atoms with Crippen LogP contribution >= 0.6 is 0 Å². The van der Waals surface area contributed by atoms with Gasteiger partial charge >= 0.3 is 0 Å². The van der Waals surface area contributed by atoms with Crippen LogP contribution in [-0.2, 0) is 0 Å². The molecule has 1 aliphatic carbocycles. The average molecular weight is 936 g/mol. The van der Waals surface area contributed by atoms with Crippen molar-refractivity contribution >= 4 is 115 Å². The van der Waals surface area contributed by atoms with Gasteiger partial charge in [0.05, 0.1) is 55.2 Å². The van der Waals surface area contributed by atoms with E-state index in [4.69, 9.17) is 0 Å². The highest BCUT2D eigenvalue weighted by Crippen LogP contribution is 2.47. The molecule has 16 rings (SSSR count). The first-order chi connectivity index (χ1) is 36.3. The largest absolute Gasteiger partial charge is 0.312 e.